The van der Waals surface area contributed by atoms with Gasteiger partial charge in [0.1, 0.15) is 12.2 Å². The SMILES string of the molecule is Cc1cc(C(=O)Nc2ccc(CC(=O)NCC(=O)O)cc2)n(C)n1. The van der Waals surface area contributed by atoms with Crippen molar-refractivity contribution in [3.05, 3.63) is 47.3 Å². The number of hydrogen-bond acceptors (Lipinski definition) is 4. The molecule has 1 aromatic heterocycles. The van der Waals surface area contributed by atoms with E-state index in [-0.39, 0.29) is 18.2 Å². The van der Waals surface area contributed by atoms with Crippen molar-refractivity contribution in [3.8, 4) is 0 Å². The van der Waals surface area contributed by atoms with Crippen LogP contribution in [0, 0.1) is 6.92 Å². The Hall–Kier alpha value is -3.16. The number of hydrogen-bond donors (Lipinski definition) is 3. The zero-order valence-electron chi connectivity index (χ0n) is 13.4. The number of carboxylic acids is 1. The van der Waals surface area contributed by atoms with E-state index in [1.165, 1.54) is 4.68 Å². The molecule has 126 valence electrons. The maximum Gasteiger partial charge on any atom is 0.322 e. The highest BCUT2D eigenvalue weighted by atomic mass is 16.4. The van der Waals surface area contributed by atoms with Gasteiger partial charge in [0, 0.05) is 12.7 Å². The molecule has 24 heavy (non-hydrogen) atoms. The molecule has 1 aromatic carbocycles. The van der Waals surface area contributed by atoms with Gasteiger partial charge < -0.3 is 15.7 Å². The number of benzene rings is 1. The third kappa shape index (κ3) is 4.67. The minimum Gasteiger partial charge on any atom is -0.480 e. The van der Waals surface area contributed by atoms with Crippen molar-refractivity contribution in [2.75, 3.05) is 11.9 Å². The molecule has 3 N–H and O–H groups in total. The molecule has 2 aromatic rings. The number of nitrogens with one attached hydrogen (secondary N) is 2. The Morgan fingerprint density at radius 2 is 1.88 bits per heavy atom. The van der Waals surface area contributed by atoms with Crippen LogP contribution >= 0.6 is 0 Å². The van der Waals surface area contributed by atoms with E-state index in [4.69, 9.17) is 5.11 Å². The summed E-state index contributed by atoms with van der Waals surface area (Å²) < 4.78 is 1.51. The van der Waals surface area contributed by atoms with Crippen molar-refractivity contribution in [3.63, 3.8) is 0 Å². The lowest BCUT2D eigenvalue weighted by molar-refractivity contribution is -0.137. The summed E-state index contributed by atoms with van der Waals surface area (Å²) in [6.45, 7) is 1.40. The molecule has 0 radical (unpaired) electrons. The molecular weight excluding hydrogens is 312 g/mol. The van der Waals surface area contributed by atoms with Crippen molar-refractivity contribution in [2.24, 2.45) is 7.05 Å². The number of amides is 2. The second kappa shape index (κ2) is 7.40. The van der Waals surface area contributed by atoms with Gasteiger partial charge in [-0.15, -0.1) is 0 Å². The quantitative estimate of drug-likeness (QED) is 0.722. The summed E-state index contributed by atoms with van der Waals surface area (Å²) in [5.74, 6) is -1.74. The largest absolute Gasteiger partial charge is 0.480 e. The van der Waals surface area contributed by atoms with Crippen LogP contribution in [0.1, 0.15) is 21.7 Å². The van der Waals surface area contributed by atoms with Crippen LogP contribution in [-0.4, -0.2) is 39.2 Å². The van der Waals surface area contributed by atoms with Gasteiger partial charge in [-0.2, -0.15) is 5.10 Å². The van der Waals surface area contributed by atoms with Gasteiger partial charge in [-0.25, -0.2) is 0 Å². The Labute approximate surface area is 138 Å². The Bertz CT molecular complexity index is 765. The smallest absolute Gasteiger partial charge is 0.322 e. The minimum absolute atomic E-state index is 0.0719. The van der Waals surface area contributed by atoms with Crippen molar-refractivity contribution >= 4 is 23.5 Å². The van der Waals surface area contributed by atoms with Crippen LogP contribution in [0.5, 0.6) is 0 Å². The number of aliphatic carboxylic acids is 1. The highest BCUT2D eigenvalue weighted by Crippen LogP contribution is 2.12. The number of carbonyl (C=O) groups is 3. The van der Waals surface area contributed by atoms with Crippen LogP contribution in [0.25, 0.3) is 0 Å². The van der Waals surface area contributed by atoms with Crippen LogP contribution in [0.3, 0.4) is 0 Å². The number of nitrogens with zero attached hydrogens (tertiary/aromatic N) is 2. The van der Waals surface area contributed by atoms with Crippen LogP contribution in [-0.2, 0) is 23.1 Å². The number of carbonyl (C=O) groups excluding carboxylic acids is 2. The lowest BCUT2D eigenvalue weighted by Crippen LogP contribution is -2.30. The van der Waals surface area contributed by atoms with Crippen molar-refractivity contribution in [2.45, 2.75) is 13.3 Å². The first-order valence-corrected chi connectivity index (χ1v) is 7.24. The van der Waals surface area contributed by atoms with Gasteiger partial charge in [-0.05, 0) is 30.7 Å². The van der Waals surface area contributed by atoms with E-state index in [0.717, 1.165) is 5.69 Å². The first kappa shape index (κ1) is 17.2. The molecule has 0 aliphatic rings. The molecule has 2 amide bonds. The lowest BCUT2D eigenvalue weighted by atomic mass is 10.1. The van der Waals surface area contributed by atoms with Crippen molar-refractivity contribution in [1.29, 1.82) is 0 Å². The van der Waals surface area contributed by atoms with Crippen molar-refractivity contribution < 1.29 is 19.5 Å². The zero-order chi connectivity index (χ0) is 17.7. The fourth-order valence-electron chi connectivity index (χ4n) is 2.15. The normalized spacial score (nSPS) is 10.2. The number of aromatic nitrogens is 2. The van der Waals surface area contributed by atoms with Gasteiger partial charge in [0.05, 0.1) is 12.1 Å². The summed E-state index contributed by atoms with van der Waals surface area (Å²) in [7, 11) is 1.70. The molecule has 0 atom stereocenters. The average Bonchev–Trinajstić information content (AvgIpc) is 2.86. The third-order valence-corrected chi connectivity index (χ3v) is 3.25. The Balaban J connectivity index is 1.94. The highest BCUT2D eigenvalue weighted by molar-refractivity contribution is 6.03. The molecule has 0 saturated heterocycles. The molecular formula is C16H18N4O4. The summed E-state index contributed by atoms with van der Waals surface area (Å²) in [5, 5.41) is 17.7. The molecule has 1 heterocycles. The Morgan fingerprint density at radius 1 is 1.21 bits per heavy atom. The van der Waals surface area contributed by atoms with Crippen LogP contribution in [0.4, 0.5) is 5.69 Å². The number of rotatable bonds is 6. The molecule has 0 unspecified atom stereocenters. The van der Waals surface area contributed by atoms with Gasteiger partial charge >= 0.3 is 5.97 Å². The van der Waals surface area contributed by atoms with Crippen LogP contribution < -0.4 is 10.6 Å². The number of carboxylic acid groups (broad SMARTS) is 1. The Morgan fingerprint density at radius 3 is 2.42 bits per heavy atom. The summed E-state index contributed by atoms with van der Waals surface area (Å²) in [5.41, 5.74) is 2.51. The van der Waals surface area contributed by atoms with Gasteiger partial charge in [-0.3, -0.25) is 19.1 Å². The van der Waals surface area contributed by atoms with Gasteiger partial charge in [0.25, 0.3) is 5.91 Å². The van der Waals surface area contributed by atoms with Gasteiger partial charge in [0.2, 0.25) is 5.91 Å². The van der Waals surface area contributed by atoms with E-state index in [1.54, 1.807) is 44.3 Å². The van der Waals surface area contributed by atoms with E-state index in [0.29, 0.717) is 16.9 Å². The summed E-state index contributed by atoms with van der Waals surface area (Å²) in [6, 6.07) is 8.45. The lowest BCUT2D eigenvalue weighted by Gasteiger charge is -2.07. The second-order valence-corrected chi connectivity index (χ2v) is 5.29. The first-order chi connectivity index (χ1) is 11.3. The van der Waals surface area contributed by atoms with Gasteiger partial charge in [0.15, 0.2) is 0 Å². The summed E-state index contributed by atoms with van der Waals surface area (Å²) >= 11 is 0. The fraction of sp³-hybridized carbons (Fsp3) is 0.250. The number of anilines is 1. The van der Waals surface area contributed by atoms with E-state index < -0.39 is 12.5 Å². The zero-order valence-corrected chi connectivity index (χ0v) is 13.4. The van der Waals surface area contributed by atoms with E-state index in [1.807, 2.05) is 0 Å². The third-order valence-electron chi connectivity index (χ3n) is 3.25. The predicted molar refractivity (Wildman–Crippen MR) is 86.7 cm³/mol. The predicted octanol–water partition coefficient (Wildman–Crippen LogP) is 0.724. The van der Waals surface area contributed by atoms with E-state index in [2.05, 4.69) is 15.7 Å². The first-order valence-electron chi connectivity index (χ1n) is 7.24. The average molecular weight is 330 g/mol. The molecule has 0 spiro atoms. The molecule has 0 saturated carbocycles. The maximum absolute atomic E-state index is 12.2. The highest BCUT2D eigenvalue weighted by Gasteiger charge is 2.12. The molecule has 0 bridgehead atoms. The fourth-order valence-corrected chi connectivity index (χ4v) is 2.15. The molecule has 2 rings (SSSR count). The molecule has 0 fully saturated rings. The van der Waals surface area contributed by atoms with Crippen molar-refractivity contribution in [1.82, 2.24) is 15.1 Å². The molecule has 0 aliphatic heterocycles. The minimum atomic E-state index is -1.09. The van der Waals surface area contributed by atoms with Crippen LogP contribution in [0.2, 0.25) is 0 Å². The summed E-state index contributed by atoms with van der Waals surface area (Å²) in [6.07, 6.45) is 0.0719. The molecule has 8 nitrogen and oxygen atoms in total. The Kier molecular flexibility index (Phi) is 5.31. The second-order valence-electron chi connectivity index (χ2n) is 5.29. The summed E-state index contributed by atoms with van der Waals surface area (Å²) in [4.78, 5) is 34.1. The number of aryl methyl sites for hydroxylation is 2. The van der Waals surface area contributed by atoms with Gasteiger partial charge in [-0.1, -0.05) is 12.1 Å². The monoisotopic (exact) mass is 330 g/mol. The maximum atomic E-state index is 12.2. The molecule has 0 aliphatic carbocycles. The molecule has 8 heteroatoms. The topological polar surface area (TPSA) is 113 Å². The standard InChI is InChI=1S/C16H18N4O4/c1-10-7-13(20(2)19-10)16(24)18-12-5-3-11(4-6-12)8-14(21)17-9-15(22)23/h3-7H,8-9H2,1-2H3,(H,17,21)(H,18,24)(H,22,23). The van der Waals surface area contributed by atoms with E-state index >= 15 is 0 Å². The van der Waals surface area contributed by atoms with E-state index in [9.17, 15) is 14.4 Å². The van der Waals surface area contributed by atoms with Crippen LogP contribution in [0.15, 0.2) is 30.3 Å².